The van der Waals surface area contributed by atoms with Gasteiger partial charge in [0.1, 0.15) is 11.1 Å². The molecule has 0 spiro atoms. The van der Waals surface area contributed by atoms with Gasteiger partial charge in [-0.2, -0.15) is 4.98 Å². The van der Waals surface area contributed by atoms with E-state index in [0.29, 0.717) is 23.9 Å². The number of ether oxygens (including phenoxy) is 1. The number of carbonyl (C=O) groups is 1. The number of carbonyl (C=O) groups excluding carboxylic acids is 1. The van der Waals surface area contributed by atoms with E-state index in [1.807, 2.05) is 18.2 Å². The Morgan fingerprint density at radius 3 is 2.67 bits per heavy atom. The van der Waals surface area contributed by atoms with Gasteiger partial charge in [0, 0.05) is 23.3 Å². The van der Waals surface area contributed by atoms with Crippen LogP contribution < -0.4 is 20.7 Å². The predicted octanol–water partition coefficient (Wildman–Crippen LogP) is 4.40. The fourth-order valence-electron chi connectivity index (χ4n) is 4.25. The minimum absolute atomic E-state index is 0.116. The summed E-state index contributed by atoms with van der Waals surface area (Å²) in [5.74, 6) is 0.603. The smallest absolute Gasteiger partial charge is 0.408 e. The van der Waals surface area contributed by atoms with Crippen molar-refractivity contribution in [2.75, 3.05) is 10.6 Å². The number of hydrogen-bond acceptors (Lipinski definition) is 8. The zero-order chi connectivity index (χ0) is 25.7. The molecule has 2 aliphatic rings. The van der Waals surface area contributed by atoms with Gasteiger partial charge in [-0.05, 0) is 62.2 Å². The topological polar surface area (TPSA) is 134 Å². The van der Waals surface area contributed by atoms with Crippen LogP contribution in [0, 0.1) is 0 Å². The van der Waals surface area contributed by atoms with Gasteiger partial charge in [-0.3, -0.25) is 0 Å². The molecule has 12 heteroatoms. The van der Waals surface area contributed by atoms with Crippen molar-refractivity contribution in [1.29, 1.82) is 0 Å². The third-order valence-electron chi connectivity index (χ3n) is 5.65. The maximum absolute atomic E-state index is 12.7. The van der Waals surface area contributed by atoms with Gasteiger partial charge < -0.3 is 20.7 Å². The number of alkyl carbamates (subject to hydrolysis) is 1. The number of amides is 1. The molecular weight excluding hydrogens is 504 g/mol. The molecule has 3 aromatic rings. The lowest BCUT2D eigenvalue weighted by Gasteiger charge is -2.20. The normalized spacial score (nSPS) is 18.7. The highest BCUT2D eigenvalue weighted by molar-refractivity contribution is 7.89. The summed E-state index contributed by atoms with van der Waals surface area (Å²) in [6, 6.07) is 12.0. The fraction of sp³-hybridized carbons (Fsp3) is 0.292. The molecule has 10 nitrogen and oxygen atoms in total. The first-order chi connectivity index (χ1) is 17.0. The molecule has 0 radical (unpaired) electrons. The molecule has 0 unspecified atom stereocenters. The van der Waals surface area contributed by atoms with E-state index in [4.69, 9.17) is 16.3 Å². The van der Waals surface area contributed by atoms with Gasteiger partial charge in [0.2, 0.25) is 16.0 Å². The molecule has 2 heterocycles. The van der Waals surface area contributed by atoms with Crippen molar-refractivity contribution in [3.05, 3.63) is 64.8 Å². The highest BCUT2D eigenvalue weighted by Crippen LogP contribution is 2.38. The maximum atomic E-state index is 12.7. The Bertz CT molecular complexity index is 1460. The lowest BCUT2D eigenvalue weighted by Crippen LogP contribution is -2.40. The molecule has 0 bridgehead atoms. The number of benzene rings is 2. The average Bonchev–Trinajstić information content (AvgIpc) is 3.30. The zero-order valence-corrected chi connectivity index (χ0v) is 21.4. The van der Waals surface area contributed by atoms with Gasteiger partial charge >= 0.3 is 6.09 Å². The van der Waals surface area contributed by atoms with Gasteiger partial charge in [0.15, 0.2) is 5.82 Å². The molecule has 1 saturated heterocycles. The summed E-state index contributed by atoms with van der Waals surface area (Å²) in [4.78, 5) is 20.4. The first-order valence-electron chi connectivity index (χ1n) is 11.3. The SMILES string of the molecule is CC(C)(C)NS(=O)(=O)c1cccc(Nc2nc(Nc3ccc4c(c3)[C@@H]3NC(=O)O[C@@H]3C4)ncc2Cl)c1. The van der Waals surface area contributed by atoms with Crippen molar-refractivity contribution >= 4 is 50.9 Å². The minimum atomic E-state index is -3.71. The number of anilines is 4. The van der Waals surface area contributed by atoms with E-state index in [-0.39, 0.29) is 22.1 Å². The molecule has 1 amide bonds. The van der Waals surface area contributed by atoms with Crippen molar-refractivity contribution < 1.29 is 17.9 Å². The molecule has 2 atom stereocenters. The Balaban J connectivity index is 1.35. The van der Waals surface area contributed by atoms with E-state index in [1.54, 1.807) is 32.9 Å². The lowest BCUT2D eigenvalue weighted by molar-refractivity contribution is 0.136. The summed E-state index contributed by atoms with van der Waals surface area (Å²) in [5.41, 5.74) is 2.73. The van der Waals surface area contributed by atoms with Crippen LogP contribution in [0.3, 0.4) is 0 Å². The molecule has 1 fully saturated rings. The molecule has 1 aromatic heterocycles. The van der Waals surface area contributed by atoms with E-state index in [0.717, 1.165) is 16.8 Å². The van der Waals surface area contributed by atoms with Crippen LogP contribution >= 0.6 is 11.6 Å². The second-order valence-corrected chi connectivity index (χ2v) is 11.8. The van der Waals surface area contributed by atoms with Crippen molar-refractivity contribution in [3.63, 3.8) is 0 Å². The van der Waals surface area contributed by atoms with Gasteiger partial charge in [0.25, 0.3) is 0 Å². The summed E-state index contributed by atoms with van der Waals surface area (Å²) in [5, 5.41) is 9.34. The van der Waals surface area contributed by atoms with E-state index >= 15 is 0 Å². The van der Waals surface area contributed by atoms with Crippen LogP contribution in [0.25, 0.3) is 0 Å². The summed E-state index contributed by atoms with van der Waals surface area (Å²) < 4.78 is 33.4. The molecular formula is C24H25ClN6O4S. The second-order valence-electron chi connectivity index (χ2n) is 9.71. The molecule has 0 saturated carbocycles. The highest BCUT2D eigenvalue weighted by atomic mass is 35.5. The Hall–Kier alpha value is -3.41. The third-order valence-corrected chi connectivity index (χ3v) is 7.69. The number of sulfonamides is 1. The first kappa shape index (κ1) is 24.3. The Morgan fingerprint density at radius 1 is 1.11 bits per heavy atom. The molecule has 36 heavy (non-hydrogen) atoms. The number of halogens is 1. The van der Waals surface area contributed by atoms with E-state index in [2.05, 4.69) is 30.6 Å². The number of hydrogen-bond donors (Lipinski definition) is 4. The number of fused-ring (bicyclic) bond motifs is 3. The molecule has 1 aliphatic carbocycles. The van der Waals surface area contributed by atoms with E-state index in [1.165, 1.54) is 18.3 Å². The highest BCUT2D eigenvalue weighted by Gasteiger charge is 2.41. The van der Waals surface area contributed by atoms with Crippen LogP contribution in [0.1, 0.15) is 37.9 Å². The Morgan fingerprint density at radius 2 is 1.89 bits per heavy atom. The van der Waals surface area contributed by atoms with E-state index in [9.17, 15) is 13.2 Å². The Labute approximate surface area is 213 Å². The van der Waals surface area contributed by atoms with Crippen molar-refractivity contribution in [2.45, 2.75) is 49.8 Å². The molecule has 1 aliphatic heterocycles. The van der Waals surface area contributed by atoms with Gasteiger partial charge in [-0.25, -0.2) is 22.9 Å². The quantitative estimate of drug-likeness (QED) is 0.370. The molecule has 5 rings (SSSR count). The van der Waals surface area contributed by atoms with Crippen molar-refractivity contribution in [2.24, 2.45) is 0 Å². The number of nitrogens with one attached hydrogen (secondary N) is 4. The largest absolute Gasteiger partial charge is 0.443 e. The second kappa shape index (κ2) is 8.91. The molecule has 188 valence electrons. The monoisotopic (exact) mass is 528 g/mol. The number of rotatable bonds is 6. The van der Waals surface area contributed by atoms with Gasteiger partial charge in [-0.15, -0.1) is 0 Å². The van der Waals surface area contributed by atoms with Crippen molar-refractivity contribution in [3.8, 4) is 0 Å². The van der Waals surface area contributed by atoms with Crippen LogP contribution in [0.5, 0.6) is 0 Å². The van der Waals surface area contributed by atoms with E-state index < -0.39 is 21.7 Å². The number of nitrogens with zero attached hydrogens (tertiary/aromatic N) is 2. The molecule has 2 aromatic carbocycles. The number of aromatic nitrogens is 2. The van der Waals surface area contributed by atoms with Crippen LogP contribution in [0.15, 0.2) is 53.6 Å². The van der Waals surface area contributed by atoms with Crippen LogP contribution in [-0.4, -0.2) is 36.1 Å². The maximum Gasteiger partial charge on any atom is 0.408 e. The van der Waals surface area contributed by atoms with Crippen LogP contribution in [0.4, 0.5) is 27.9 Å². The average molecular weight is 529 g/mol. The third kappa shape index (κ3) is 5.08. The standard InChI is InChI=1S/C24H25ClN6O4S/c1-24(2,3)31-36(33,34)16-6-4-5-14(10-16)27-21-18(25)12-26-22(30-21)28-15-8-7-13-9-19-20(17(13)11-15)29-23(32)35-19/h4-8,10-12,19-20,31H,9H2,1-3H3,(H,29,32)(H2,26,27,28,30)/t19-,20+/m1/s1. The lowest BCUT2D eigenvalue weighted by atomic mass is 10.1. The molecule has 4 N–H and O–H groups in total. The summed E-state index contributed by atoms with van der Waals surface area (Å²) >= 11 is 6.32. The van der Waals surface area contributed by atoms with Crippen LogP contribution in [-0.2, 0) is 21.2 Å². The first-order valence-corrected chi connectivity index (χ1v) is 13.1. The zero-order valence-electron chi connectivity index (χ0n) is 19.8. The summed E-state index contributed by atoms with van der Waals surface area (Å²) in [6.07, 6.45) is 1.53. The summed E-state index contributed by atoms with van der Waals surface area (Å²) in [7, 11) is -3.71. The van der Waals surface area contributed by atoms with Gasteiger partial charge in [-0.1, -0.05) is 23.7 Å². The Kier molecular flexibility index (Phi) is 6.01. The van der Waals surface area contributed by atoms with Gasteiger partial charge in [0.05, 0.1) is 17.1 Å². The van der Waals surface area contributed by atoms with Crippen molar-refractivity contribution in [1.82, 2.24) is 20.0 Å². The predicted molar refractivity (Wildman–Crippen MR) is 136 cm³/mol. The minimum Gasteiger partial charge on any atom is -0.443 e. The fourth-order valence-corrected chi connectivity index (χ4v) is 5.85. The van der Waals surface area contributed by atoms with Crippen LogP contribution in [0.2, 0.25) is 5.02 Å². The summed E-state index contributed by atoms with van der Waals surface area (Å²) in [6.45, 7) is 5.33.